The van der Waals surface area contributed by atoms with Crippen LogP contribution in [0.25, 0.3) is 22.5 Å². The molecule has 29 heavy (non-hydrogen) atoms. The molecule has 1 aliphatic heterocycles. The number of thiocarbonyl (C=S) groups is 1. The number of methoxy groups -OCH3 is 1. The second kappa shape index (κ2) is 8.14. The van der Waals surface area contributed by atoms with Gasteiger partial charge >= 0.3 is 0 Å². The Bertz CT molecular complexity index is 1150. The number of aromatic nitrogens is 1. The van der Waals surface area contributed by atoms with E-state index in [1.807, 2.05) is 6.08 Å². The molecule has 2 aromatic carbocycles. The van der Waals surface area contributed by atoms with Gasteiger partial charge in [-0.05, 0) is 54.5 Å². The van der Waals surface area contributed by atoms with Gasteiger partial charge in [-0.1, -0.05) is 54.3 Å². The third-order valence-corrected chi connectivity index (χ3v) is 6.52. The van der Waals surface area contributed by atoms with Gasteiger partial charge in [0.05, 0.1) is 18.1 Å². The zero-order valence-electron chi connectivity index (χ0n) is 16.6. The first kappa shape index (κ1) is 19.9. The summed E-state index contributed by atoms with van der Waals surface area (Å²) in [7, 11) is 1.62. The maximum atomic E-state index is 12.7. The first-order chi connectivity index (χ1) is 14.0. The van der Waals surface area contributed by atoms with Gasteiger partial charge in [0.15, 0.2) is 0 Å². The van der Waals surface area contributed by atoms with Crippen molar-refractivity contribution in [1.82, 2.24) is 9.47 Å². The first-order valence-corrected chi connectivity index (χ1v) is 10.6. The lowest BCUT2D eigenvalue weighted by Gasteiger charge is -2.13. The molecule has 148 valence electrons. The molecule has 4 rings (SSSR count). The highest BCUT2D eigenvalue weighted by Gasteiger charge is 2.31. The summed E-state index contributed by atoms with van der Waals surface area (Å²) >= 11 is 6.73. The summed E-state index contributed by atoms with van der Waals surface area (Å²) in [5, 5.41) is 2.43. The first-order valence-electron chi connectivity index (χ1n) is 9.42. The van der Waals surface area contributed by atoms with Gasteiger partial charge in [0.25, 0.3) is 5.91 Å². The van der Waals surface area contributed by atoms with Crippen LogP contribution >= 0.6 is 24.0 Å². The molecule has 1 saturated heterocycles. The minimum atomic E-state index is -0.0486. The number of carbonyl (C=O) groups is 1. The van der Waals surface area contributed by atoms with Crippen LogP contribution in [0.3, 0.4) is 0 Å². The van der Waals surface area contributed by atoms with Crippen molar-refractivity contribution in [2.75, 3.05) is 20.3 Å². The molecule has 0 bridgehead atoms. The van der Waals surface area contributed by atoms with E-state index in [0.29, 0.717) is 22.4 Å². The Kier molecular flexibility index (Phi) is 5.58. The van der Waals surface area contributed by atoms with Crippen LogP contribution in [0.2, 0.25) is 0 Å². The molecule has 0 saturated carbocycles. The van der Waals surface area contributed by atoms with Gasteiger partial charge in [-0.15, -0.1) is 0 Å². The summed E-state index contributed by atoms with van der Waals surface area (Å²) in [6.07, 6.45) is 1.95. The van der Waals surface area contributed by atoms with Gasteiger partial charge in [0.2, 0.25) is 0 Å². The van der Waals surface area contributed by atoms with E-state index in [1.54, 1.807) is 12.0 Å². The molecule has 1 amide bonds. The standard InChI is InChI=1S/C23H22N2O2S2/c1-15-12-19(14-21-22(26)24(10-11-27-3)23(28)29-21)16(2)25(15)20-9-8-17-6-4-5-7-18(17)13-20/h4-9,12-14H,10-11H2,1-3H3/b21-14-. The Balaban J connectivity index is 1.69. The van der Waals surface area contributed by atoms with E-state index in [4.69, 9.17) is 17.0 Å². The topological polar surface area (TPSA) is 34.5 Å². The zero-order valence-corrected chi connectivity index (χ0v) is 18.3. The molecule has 1 aromatic heterocycles. The van der Waals surface area contributed by atoms with Crippen molar-refractivity contribution in [1.29, 1.82) is 0 Å². The minimum Gasteiger partial charge on any atom is -0.383 e. The third-order valence-electron chi connectivity index (χ3n) is 5.14. The fraction of sp³-hybridized carbons (Fsp3) is 0.217. The summed E-state index contributed by atoms with van der Waals surface area (Å²) in [4.78, 5) is 15.0. The van der Waals surface area contributed by atoms with Crippen LogP contribution in [0.15, 0.2) is 53.4 Å². The Labute approximate surface area is 180 Å². The lowest BCUT2D eigenvalue weighted by molar-refractivity contribution is -0.122. The summed E-state index contributed by atoms with van der Waals surface area (Å²) in [5.74, 6) is -0.0486. The van der Waals surface area contributed by atoms with E-state index in [2.05, 4.69) is 66.9 Å². The SMILES string of the molecule is COCCN1C(=O)/C(=C/c2cc(C)n(-c3ccc4ccccc4c3)c2C)SC1=S. The average Bonchev–Trinajstić information content (AvgIpc) is 3.14. The number of hydrogen-bond acceptors (Lipinski definition) is 4. The van der Waals surface area contributed by atoms with E-state index in [9.17, 15) is 4.79 Å². The van der Waals surface area contributed by atoms with Crippen LogP contribution in [-0.4, -0.2) is 40.0 Å². The largest absolute Gasteiger partial charge is 0.383 e. The Morgan fingerprint density at radius 3 is 2.62 bits per heavy atom. The quantitative estimate of drug-likeness (QED) is 0.423. The summed E-state index contributed by atoms with van der Waals surface area (Å²) in [5.41, 5.74) is 4.37. The molecule has 0 aliphatic carbocycles. The van der Waals surface area contributed by atoms with Crippen molar-refractivity contribution in [3.63, 3.8) is 0 Å². The molecule has 4 nitrogen and oxygen atoms in total. The predicted molar refractivity (Wildman–Crippen MR) is 125 cm³/mol. The molecule has 0 radical (unpaired) electrons. The molecule has 0 N–H and O–H groups in total. The normalized spacial score (nSPS) is 15.8. The van der Waals surface area contributed by atoms with E-state index < -0.39 is 0 Å². The van der Waals surface area contributed by atoms with Gasteiger partial charge in [0.1, 0.15) is 4.32 Å². The molecule has 1 fully saturated rings. The van der Waals surface area contributed by atoms with E-state index >= 15 is 0 Å². The number of thioether (sulfide) groups is 1. The maximum absolute atomic E-state index is 12.7. The fourth-order valence-electron chi connectivity index (χ4n) is 3.66. The smallest absolute Gasteiger partial charge is 0.266 e. The number of rotatable bonds is 5. The average molecular weight is 423 g/mol. The van der Waals surface area contributed by atoms with Gasteiger partial charge < -0.3 is 9.30 Å². The molecule has 6 heteroatoms. The van der Waals surface area contributed by atoms with Crippen molar-refractivity contribution >= 4 is 51.1 Å². The number of benzene rings is 2. The number of aryl methyl sites for hydroxylation is 1. The number of carbonyl (C=O) groups excluding carboxylic acids is 1. The van der Waals surface area contributed by atoms with Crippen molar-refractivity contribution in [2.45, 2.75) is 13.8 Å². The van der Waals surface area contributed by atoms with Gasteiger partial charge in [-0.3, -0.25) is 9.69 Å². The summed E-state index contributed by atoms with van der Waals surface area (Å²) in [6, 6.07) is 16.9. The Hall–Kier alpha value is -2.41. The number of amides is 1. The van der Waals surface area contributed by atoms with Crippen molar-refractivity contribution in [3.8, 4) is 5.69 Å². The number of ether oxygens (including phenoxy) is 1. The molecule has 2 heterocycles. The highest BCUT2D eigenvalue weighted by atomic mass is 32.2. The molecular formula is C23H22N2O2S2. The monoisotopic (exact) mass is 422 g/mol. The zero-order chi connectivity index (χ0) is 20.5. The van der Waals surface area contributed by atoms with Crippen LogP contribution in [0, 0.1) is 13.8 Å². The number of fused-ring (bicyclic) bond motifs is 1. The second-order valence-electron chi connectivity index (χ2n) is 7.02. The molecule has 0 unspecified atom stereocenters. The number of nitrogens with zero attached hydrogens (tertiary/aromatic N) is 2. The summed E-state index contributed by atoms with van der Waals surface area (Å²) < 4.78 is 7.90. The Morgan fingerprint density at radius 1 is 1.10 bits per heavy atom. The van der Waals surface area contributed by atoms with Crippen LogP contribution in [0.4, 0.5) is 0 Å². The third kappa shape index (κ3) is 3.75. The van der Waals surface area contributed by atoms with Crippen LogP contribution in [0.1, 0.15) is 17.0 Å². The fourth-order valence-corrected chi connectivity index (χ4v) is 4.96. The molecule has 0 spiro atoms. The molecule has 1 aliphatic rings. The molecule has 0 atom stereocenters. The lowest BCUT2D eigenvalue weighted by Crippen LogP contribution is -2.31. The van der Waals surface area contributed by atoms with Crippen LogP contribution in [-0.2, 0) is 9.53 Å². The van der Waals surface area contributed by atoms with Crippen molar-refractivity contribution in [2.24, 2.45) is 0 Å². The Morgan fingerprint density at radius 2 is 1.86 bits per heavy atom. The number of hydrogen-bond donors (Lipinski definition) is 0. The van der Waals surface area contributed by atoms with E-state index in [0.717, 1.165) is 22.6 Å². The highest BCUT2D eigenvalue weighted by Crippen LogP contribution is 2.34. The maximum Gasteiger partial charge on any atom is 0.266 e. The highest BCUT2D eigenvalue weighted by molar-refractivity contribution is 8.26. The predicted octanol–water partition coefficient (Wildman–Crippen LogP) is 5.09. The van der Waals surface area contributed by atoms with E-state index in [1.165, 1.54) is 22.5 Å². The minimum absolute atomic E-state index is 0.0486. The van der Waals surface area contributed by atoms with Crippen LogP contribution < -0.4 is 0 Å². The van der Waals surface area contributed by atoms with Crippen molar-refractivity contribution < 1.29 is 9.53 Å². The van der Waals surface area contributed by atoms with Gasteiger partial charge in [-0.2, -0.15) is 0 Å². The second-order valence-corrected chi connectivity index (χ2v) is 8.70. The van der Waals surface area contributed by atoms with Gasteiger partial charge in [-0.25, -0.2) is 0 Å². The molecular weight excluding hydrogens is 400 g/mol. The van der Waals surface area contributed by atoms with E-state index in [-0.39, 0.29) is 5.91 Å². The van der Waals surface area contributed by atoms with Gasteiger partial charge in [0, 0.05) is 24.2 Å². The molecule has 3 aromatic rings. The summed E-state index contributed by atoms with van der Waals surface area (Å²) in [6.45, 7) is 5.12. The van der Waals surface area contributed by atoms with Crippen molar-refractivity contribution in [3.05, 3.63) is 70.4 Å². The van der Waals surface area contributed by atoms with Crippen LogP contribution in [0.5, 0.6) is 0 Å². The lowest BCUT2D eigenvalue weighted by atomic mass is 10.1.